The van der Waals surface area contributed by atoms with Gasteiger partial charge in [-0.25, -0.2) is 4.79 Å². The molecule has 1 aliphatic rings. The predicted molar refractivity (Wildman–Crippen MR) is 112 cm³/mol. The van der Waals surface area contributed by atoms with Crippen LogP contribution in [0.5, 0.6) is 11.5 Å². The summed E-state index contributed by atoms with van der Waals surface area (Å²) < 4.78 is 17.9. The van der Waals surface area contributed by atoms with Crippen molar-refractivity contribution in [1.29, 1.82) is 0 Å². The van der Waals surface area contributed by atoms with Gasteiger partial charge in [-0.15, -0.1) is 0 Å². The normalized spacial score (nSPS) is 16.2. The summed E-state index contributed by atoms with van der Waals surface area (Å²) in [6.07, 6.45) is 5.04. The maximum atomic E-state index is 12.6. The summed E-state index contributed by atoms with van der Waals surface area (Å²) in [7, 11) is 1.44. The number of phenols is 1. The molecule has 7 nitrogen and oxygen atoms in total. The van der Waals surface area contributed by atoms with Crippen LogP contribution >= 0.6 is 0 Å². The van der Waals surface area contributed by atoms with E-state index in [2.05, 4.69) is 4.57 Å². The average molecular weight is 413 g/mol. The topological polar surface area (TPSA) is 87.0 Å². The number of nitrogens with zero attached hydrogens (tertiary/aromatic N) is 1. The van der Waals surface area contributed by atoms with Crippen molar-refractivity contribution in [3.63, 3.8) is 0 Å². The number of aromatic nitrogens is 1. The van der Waals surface area contributed by atoms with E-state index >= 15 is 0 Å². The van der Waals surface area contributed by atoms with Gasteiger partial charge in [0.25, 0.3) is 0 Å². The third-order valence-electron chi connectivity index (χ3n) is 5.25. The number of phenolic OH excluding ortho intramolecular Hbond substituents is 1. The van der Waals surface area contributed by atoms with Crippen LogP contribution in [0.3, 0.4) is 0 Å². The highest BCUT2D eigenvalue weighted by Crippen LogP contribution is 2.26. The molecule has 30 heavy (non-hydrogen) atoms. The highest BCUT2D eigenvalue weighted by molar-refractivity contribution is 6.00. The first kappa shape index (κ1) is 21.6. The second kappa shape index (κ2) is 9.63. The van der Waals surface area contributed by atoms with Crippen LogP contribution in [0.4, 0.5) is 0 Å². The molecule has 160 valence electrons. The molecule has 1 aliphatic heterocycles. The van der Waals surface area contributed by atoms with Crippen molar-refractivity contribution in [2.45, 2.75) is 39.3 Å². The molecule has 0 radical (unpaired) electrons. The molecule has 0 amide bonds. The Hall–Kier alpha value is -3.06. The highest BCUT2D eigenvalue weighted by Gasteiger charge is 2.21. The molecule has 0 aliphatic carbocycles. The summed E-state index contributed by atoms with van der Waals surface area (Å²) >= 11 is 0. The minimum absolute atomic E-state index is 0.0138. The Labute approximate surface area is 175 Å². The molecule has 2 aromatic rings. The van der Waals surface area contributed by atoms with Crippen LogP contribution in [0, 0.1) is 13.8 Å². The Morgan fingerprint density at radius 2 is 2.10 bits per heavy atom. The van der Waals surface area contributed by atoms with E-state index in [9.17, 15) is 14.7 Å². The number of ether oxygens (including phenoxy) is 3. The Bertz CT molecular complexity index is 953. The summed E-state index contributed by atoms with van der Waals surface area (Å²) in [6, 6.07) is 6.53. The number of hydrogen-bond acceptors (Lipinski definition) is 6. The number of carbonyl (C=O) groups is 2. The minimum atomic E-state index is -0.622. The van der Waals surface area contributed by atoms with Crippen LogP contribution in [-0.4, -0.2) is 47.9 Å². The van der Waals surface area contributed by atoms with Crippen molar-refractivity contribution in [2.24, 2.45) is 0 Å². The molecule has 2 heterocycles. The van der Waals surface area contributed by atoms with Gasteiger partial charge < -0.3 is 23.9 Å². The van der Waals surface area contributed by atoms with E-state index in [-0.39, 0.29) is 24.2 Å². The summed E-state index contributed by atoms with van der Waals surface area (Å²) in [4.78, 5) is 24.6. The second-order valence-electron chi connectivity index (χ2n) is 7.33. The fraction of sp³-hybridized carbons (Fsp3) is 0.391. The van der Waals surface area contributed by atoms with Crippen LogP contribution in [0.1, 0.15) is 40.2 Å². The quantitative estimate of drug-likeness (QED) is 0.405. The van der Waals surface area contributed by atoms with Gasteiger partial charge in [0.05, 0.1) is 13.2 Å². The number of esters is 1. The van der Waals surface area contributed by atoms with E-state index in [1.807, 2.05) is 19.9 Å². The van der Waals surface area contributed by atoms with Crippen molar-refractivity contribution < 1.29 is 28.9 Å². The van der Waals surface area contributed by atoms with Gasteiger partial charge in [-0.05, 0) is 56.5 Å². The zero-order valence-corrected chi connectivity index (χ0v) is 17.5. The van der Waals surface area contributed by atoms with Crippen LogP contribution in [0.2, 0.25) is 0 Å². The maximum Gasteiger partial charge on any atom is 0.331 e. The molecule has 3 rings (SSSR count). The Morgan fingerprint density at radius 1 is 1.30 bits per heavy atom. The van der Waals surface area contributed by atoms with Crippen LogP contribution in [0.15, 0.2) is 30.3 Å². The molecule has 1 aromatic heterocycles. The number of hydrogen-bond donors (Lipinski definition) is 1. The van der Waals surface area contributed by atoms with Crippen molar-refractivity contribution in [3.05, 3.63) is 52.9 Å². The van der Waals surface area contributed by atoms with Gasteiger partial charge in [0.1, 0.15) is 0 Å². The summed E-state index contributed by atoms with van der Waals surface area (Å²) in [5.74, 6) is -0.544. The first-order chi connectivity index (χ1) is 14.4. The van der Waals surface area contributed by atoms with Crippen LogP contribution in [0.25, 0.3) is 6.08 Å². The van der Waals surface area contributed by atoms with E-state index in [4.69, 9.17) is 14.2 Å². The van der Waals surface area contributed by atoms with Crippen molar-refractivity contribution >= 4 is 17.8 Å². The zero-order chi connectivity index (χ0) is 21.7. The number of carbonyl (C=O) groups excluding carboxylic acids is 2. The number of rotatable bonds is 8. The lowest BCUT2D eigenvalue weighted by Gasteiger charge is -2.14. The van der Waals surface area contributed by atoms with Gasteiger partial charge in [-0.3, -0.25) is 4.79 Å². The fourth-order valence-corrected chi connectivity index (χ4v) is 3.58. The highest BCUT2D eigenvalue weighted by atomic mass is 16.5. The van der Waals surface area contributed by atoms with Gasteiger partial charge in [-0.2, -0.15) is 0 Å². The van der Waals surface area contributed by atoms with Crippen molar-refractivity contribution in [2.75, 3.05) is 20.3 Å². The molecule has 0 spiro atoms. The number of aromatic hydroxyl groups is 1. The SMILES string of the molecule is COc1cc(C=CC(=O)OCC(=O)c2cc(C)n(CC3CCCO3)c2C)ccc1O. The van der Waals surface area contributed by atoms with Gasteiger partial charge in [0, 0.05) is 36.2 Å². The zero-order valence-electron chi connectivity index (χ0n) is 17.5. The summed E-state index contributed by atoms with van der Waals surface area (Å²) in [6.45, 7) is 5.04. The summed E-state index contributed by atoms with van der Waals surface area (Å²) in [5, 5.41) is 9.60. The molecule has 1 aromatic carbocycles. The van der Waals surface area contributed by atoms with E-state index in [1.165, 1.54) is 25.3 Å². The monoisotopic (exact) mass is 413 g/mol. The molecule has 1 atom stereocenters. The van der Waals surface area contributed by atoms with Gasteiger partial charge in [0.15, 0.2) is 18.1 Å². The molecular weight excluding hydrogens is 386 g/mol. The van der Waals surface area contributed by atoms with Gasteiger partial charge in [-0.1, -0.05) is 6.07 Å². The molecule has 0 saturated carbocycles. The number of ketones is 1. The van der Waals surface area contributed by atoms with Crippen LogP contribution < -0.4 is 4.74 Å². The lowest BCUT2D eigenvalue weighted by atomic mass is 10.1. The van der Waals surface area contributed by atoms with Crippen molar-refractivity contribution in [1.82, 2.24) is 4.57 Å². The van der Waals surface area contributed by atoms with E-state index < -0.39 is 5.97 Å². The van der Waals surface area contributed by atoms with Crippen LogP contribution in [-0.2, 0) is 20.8 Å². The molecule has 1 fully saturated rings. The first-order valence-corrected chi connectivity index (χ1v) is 9.92. The molecule has 1 unspecified atom stereocenters. The Kier molecular flexibility index (Phi) is 6.95. The smallest absolute Gasteiger partial charge is 0.331 e. The molecule has 1 N–H and O–H groups in total. The Balaban J connectivity index is 1.58. The molecule has 1 saturated heterocycles. The first-order valence-electron chi connectivity index (χ1n) is 9.92. The molecule has 7 heteroatoms. The number of methoxy groups -OCH3 is 1. The van der Waals surface area contributed by atoms with E-state index in [0.29, 0.717) is 16.9 Å². The van der Waals surface area contributed by atoms with E-state index in [1.54, 1.807) is 12.1 Å². The summed E-state index contributed by atoms with van der Waals surface area (Å²) in [5.41, 5.74) is 3.06. The molecular formula is C23H27NO6. The maximum absolute atomic E-state index is 12.6. The fourth-order valence-electron chi connectivity index (χ4n) is 3.58. The number of aryl methyl sites for hydroxylation is 1. The third kappa shape index (κ3) is 5.10. The third-order valence-corrected chi connectivity index (χ3v) is 5.25. The Morgan fingerprint density at radius 3 is 2.80 bits per heavy atom. The van der Waals surface area contributed by atoms with Gasteiger partial charge in [0.2, 0.25) is 5.78 Å². The largest absolute Gasteiger partial charge is 0.504 e. The van der Waals surface area contributed by atoms with Gasteiger partial charge >= 0.3 is 5.97 Å². The second-order valence-corrected chi connectivity index (χ2v) is 7.33. The number of Topliss-reactive ketones (excluding diaryl/α,β-unsaturated/α-hetero) is 1. The standard InChI is InChI=1S/C23H27NO6/c1-15-11-19(16(2)24(15)13-18-5-4-10-29-18)21(26)14-30-23(27)9-7-17-6-8-20(25)22(12-17)28-3/h6-9,11-12,18,25H,4-5,10,13-14H2,1-3H3. The predicted octanol–water partition coefficient (Wildman–Crippen LogP) is 3.44. The molecule has 0 bridgehead atoms. The lowest BCUT2D eigenvalue weighted by molar-refractivity contribution is -0.136. The number of benzene rings is 1. The van der Waals surface area contributed by atoms with Crippen molar-refractivity contribution in [3.8, 4) is 11.5 Å². The van der Waals surface area contributed by atoms with E-state index in [0.717, 1.165) is 37.4 Å². The average Bonchev–Trinajstić information content (AvgIpc) is 3.35. The lowest BCUT2D eigenvalue weighted by Crippen LogP contribution is -2.18. The minimum Gasteiger partial charge on any atom is -0.504 e.